The molecule has 1 aliphatic heterocycles. The van der Waals surface area contributed by atoms with Crippen molar-refractivity contribution in [3.8, 4) is 22.9 Å². The Hall–Kier alpha value is -5.11. The minimum atomic E-state index is -0.438. The highest BCUT2D eigenvalue weighted by atomic mass is 35.5. The molecule has 3 aromatic heterocycles. The van der Waals surface area contributed by atoms with Crippen LogP contribution in [0.2, 0.25) is 5.02 Å². The molecule has 3 aromatic carbocycles. The zero-order valence-corrected chi connectivity index (χ0v) is 28.6. The van der Waals surface area contributed by atoms with Crippen LogP contribution in [0.15, 0.2) is 72.9 Å². The average molecular weight is 700 g/mol. The highest BCUT2D eigenvalue weighted by Crippen LogP contribution is 2.34. The average Bonchev–Trinajstić information content (AvgIpc) is 3.80. The van der Waals surface area contributed by atoms with Gasteiger partial charge in [-0.25, -0.2) is 14.5 Å². The van der Waals surface area contributed by atoms with E-state index >= 15 is 0 Å². The molecule has 1 saturated heterocycles. The molecule has 0 radical (unpaired) electrons. The maximum absolute atomic E-state index is 13.3. The summed E-state index contributed by atoms with van der Waals surface area (Å²) in [5, 5.41) is 20.6. The molecular weight excluding hydrogens is 666 g/mol. The zero-order valence-electron chi connectivity index (χ0n) is 27.1. The second kappa shape index (κ2) is 13.1. The van der Waals surface area contributed by atoms with Gasteiger partial charge in [0.2, 0.25) is 0 Å². The Morgan fingerprint density at radius 2 is 1.86 bits per heavy atom. The van der Waals surface area contributed by atoms with Crippen LogP contribution in [0.3, 0.4) is 0 Å². The van der Waals surface area contributed by atoms with Crippen molar-refractivity contribution in [1.82, 2.24) is 29.4 Å². The molecule has 1 aliphatic rings. The number of urea groups is 1. The first-order valence-electron chi connectivity index (χ1n) is 15.7. The maximum Gasteiger partial charge on any atom is 0.320 e. The first-order valence-corrected chi connectivity index (χ1v) is 16.9. The third-order valence-electron chi connectivity index (χ3n) is 8.16. The number of phenols is 1. The Morgan fingerprint density at radius 3 is 2.63 bits per heavy atom. The summed E-state index contributed by atoms with van der Waals surface area (Å²) in [5.41, 5.74) is 3.23. The van der Waals surface area contributed by atoms with Crippen LogP contribution >= 0.6 is 22.9 Å². The summed E-state index contributed by atoms with van der Waals surface area (Å²) in [6, 6.07) is 19.3. The highest BCUT2D eigenvalue weighted by molar-refractivity contribution is 7.23. The van der Waals surface area contributed by atoms with Gasteiger partial charge in [0.1, 0.15) is 28.8 Å². The van der Waals surface area contributed by atoms with E-state index in [0.717, 1.165) is 26.4 Å². The number of para-hydroxylation sites is 1. The molecule has 0 spiro atoms. The number of carbonyl (C=O) groups is 2. The van der Waals surface area contributed by atoms with E-state index in [4.69, 9.17) is 26.2 Å². The molecule has 7 rings (SSSR count). The number of thiazole rings is 1. The molecule has 1 fully saturated rings. The molecule has 3 amide bonds. The molecule has 4 heterocycles. The number of hydrogen-bond acceptors (Lipinski definition) is 8. The number of nitrogens with one attached hydrogen (secondary N) is 2. The van der Waals surface area contributed by atoms with E-state index in [1.165, 1.54) is 17.4 Å². The lowest BCUT2D eigenvalue weighted by Crippen LogP contribution is -2.41. The van der Waals surface area contributed by atoms with Gasteiger partial charge >= 0.3 is 6.03 Å². The largest absolute Gasteiger partial charge is 0.506 e. The van der Waals surface area contributed by atoms with Crippen molar-refractivity contribution in [2.75, 3.05) is 31.6 Å². The second-order valence-electron chi connectivity index (χ2n) is 12.6. The van der Waals surface area contributed by atoms with E-state index in [0.29, 0.717) is 55.0 Å². The number of benzene rings is 3. The number of carbonyl (C=O) groups excluding carboxylic acids is 2. The Labute approximate surface area is 290 Å². The number of amides is 3. The molecule has 3 N–H and O–H groups in total. The van der Waals surface area contributed by atoms with Crippen molar-refractivity contribution < 1.29 is 24.2 Å². The van der Waals surface area contributed by atoms with Gasteiger partial charge in [0.05, 0.1) is 46.0 Å². The highest BCUT2D eigenvalue weighted by Gasteiger charge is 2.24. The summed E-state index contributed by atoms with van der Waals surface area (Å²) in [7, 11) is 0. The summed E-state index contributed by atoms with van der Waals surface area (Å²) in [5.74, 6) is 1.54. The number of ether oxygens (including phenoxy) is 2. The number of rotatable bonds is 7. The number of hydrogen-bond donors (Lipinski definition) is 3. The molecule has 0 bridgehead atoms. The Kier molecular flexibility index (Phi) is 8.65. The number of aromatic nitrogens is 4. The van der Waals surface area contributed by atoms with Gasteiger partial charge < -0.3 is 24.8 Å². The number of halogens is 1. The van der Waals surface area contributed by atoms with Gasteiger partial charge in [-0.3, -0.25) is 14.5 Å². The number of anilines is 1. The molecule has 14 heteroatoms. The molecule has 12 nitrogen and oxygen atoms in total. The summed E-state index contributed by atoms with van der Waals surface area (Å²) in [4.78, 5) is 33.5. The number of imidazole rings is 1. The second-order valence-corrected chi connectivity index (χ2v) is 14.0. The van der Waals surface area contributed by atoms with Gasteiger partial charge in [0.25, 0.3) is 5.91 Å². The van der Waals surface area contributed by atoms with Gasteiger partial charge in [0, 0.05) is 42.7 Å². The fourth-order valence-corrected chi connectivity index (χ4v) is 6.72. The fourth-order valence-electron chi connectivity index (χ4n) is 5.52. The van der Waals surface area contributed by atoms with Gasteiger partial charge in [-0.1, -0.05) is 61.9 Å². The standard InChI is InChI=1S/C35H34ClN7O5S/c1-35(2,3)30-18-31(43(40-30)22-8-11-27(44)24(36)16-22)39-33(46)37-19-21-6-4-5-7-28(21)48-23-9-10-25-29(17-23)49-34-38-20-26(42(25)34)32(45)41-12-14-47-15-13-41/h4-11,16-18,20,44H,12-15,19H2,1-3H3,(H2,37,39,46). The van der Waals surface area contributed by atoms with E-state index in [2.05, 4.69) is 15.6 Å². The molecule has 49 heavy (non-hydrogen) atoms. The normalized spacial score (nSPS) is 13.6. The van der Waals surface area contributed by atoms with E-state index in [1.54, 1.807) is 27.9 Å². The van der Waals surface area contributed by atoms with Crippen LogP contribution in [0.25, 0.3) is 20.9 Å². The minimum absolute atomic E-state index is 0.0441. The number of aromatic hydroxyl groups is 1. The van der Waals surface area contributed by atoms with E-state index in [9.17, 15) is 14.7 Å². The quantitative estimate of drug-likeness (QED) is 0.164. The monoisotopic (exact) mass is 699 g/mol. The van der Waals surface area contributed by atoms with Gasteiger partial charge in [0.15, 0.2) is 4.96 Å². The van der Waals surface area contributed by atoms with Crippen LogP contribution in [-0.2, 0) is 16.7 Å². The smallest absolute Gasteiger partial charge is 0.320 e. The fraction of sp³-hybridized carbons (Fsp3) is 0.257. The van der Waals surface area contributed by atoms with Crippen molar-refractivity contribution >= 4 is 55.9 Å². The molecule has 0 atom stereocenters. The van der Waals surface area contributed by atoms with Crippen LogP contribution in [0, 0.1) is 0 Å². The van der Waals surface area contributed by atoms with Crippen molar-refractivity contribution in [2.45, 2.75) is 32.7 Å². The van der Waals surface area contributed by atoms with E-state index < -0.39 is 6.03 Å². The third kappa shape index (κ3) is 6.64. The SMILES string of the molecule is CC(C)(C)c1cc(NC(=O)NCc2ccccc2Oc2ccc3c(c2)sc2ncc(C(=O)N4CCOCC4)n23)n(-c2ccc(O)c(Cl)c2)n1. The van der Waals surface area contributed by atoms with E-state index in [1.807, 2.05) is 73.7 Å². The van der Waals surface area contributed by atoms with Gasteiger partial charge in [-0.2, -0.15) is 5.10 Å². The Bertz CT molecular complexity index is 2200. The molecule has 252 valence electrons. The number of nitrogens with zero attached hydrogens (tertiary/aromatic N) is 5. The lowest BCUT2D eigenvalue weighted by molar-refractivity contribution is 0.0298. The summed E-state index contributed by atoms with van der Waals surface area (Å²) in [6.07, 6.45) is 1.63. The van der Waals surface area contributed by atoms with E-state index in [-0.39, 0.29) is 28.6 Å². The zero-order chi connectivity index (χ0) is 34.3. The van der Waals surface area contributed by atoms with Crippen molar-refractivity contribution in [3.05, 3.63) is 94.9 Å². The van der Waals surface area contributed by atoms with Gasteiger partial charge in [-0.15, -0.1) is 0 Å². The maximum atomic E-state index is 13.3. The topological polar surface area (TPSA) is 135 Å². The molecule has 0 aliphatic carbocycles. The Morgan fingerprint density at radius 1 is 1.06 bits per heavy atom. The molecule has 6 aromatic rings. The number of phenolic OH excluding ortho intramolecular Hbond substituents is 1. The summed E-state index contributed by atoms with van der Waals surface area (Å²) >= 11 is 7.65. The summed E-state index contributed by atoms with van der Waals surface area (Å²) < 4.78 is 16.1. The van der Waals surface area contributed by atoms with Crippen LogP contribution in [0.4, 0.5) is 10.6 Å². The first-order chi connectivity index (χ1) is 23.5. The first kappa shape index (κ1) is 32.4. The molecule has 0 saturated carbocycles. The molecule has 0 unspecified atom stereocenters. The van der Waals surface area contributed by atoms with Crippen LogP contribution in [-0.4, -0.2) is 67.4 Å². The van der Waals surface area contributed by atoms with Gasteiger partial charge in [-0.05, 0) is 36.4 Å². The lowest BCUT2D eigenvalue weighted by Gasteiger charge is -2.26. The lowest BCUT2D eigenvalue weighted by atomic mass is 9.92. The minimum Gasteiger partial charge on any atom is -0.506 e. The molecular formula is C35H34ClN7O5S. The third-order valence-corrected chi connectivity index (χ3v) is 9.48. The number of morpholine rings is 1. The summed E-state index contributed by atoms with van der Waals surface area (Å²) in [6.45, 7) is 8.45. The van der Waals surface area contributed by atoms with Crippen molar-refractivity contribution in [3.63, 3.8) is 0 Å². The van der Waals surface area contributed by atoms with Crippen LogP contribution < -0.4 is 15.4 Å². The predicted molar refractivity (Wildman–Crippen MR) is 189 cm³/mol. The van der Waals surface area contributed by atoms with Crippen molar-refractivity contribution in [2.24, 2.45) is 0 Å². The van der Waals surface area contributed by atoms with Crippen LogP contribution in [0.5, 0.6) is 17.2 Å². The number of fused-ring (bicyclic) bond motifs is 3. The predicted octanol–water partition coefficient (Wildman–Crippen LogP) is 6.98. The Balaban J connectivity index is 1.07. The van der Waals surface area contributed by atoms with Crippen LogP contribution in [0.1, 0.15) is 42.5 Å². The van der Waals surface area contributed by atoms with Crippen molar-refractivity contribution in [1.29, 1.82) is 0 Å².